The number of amides is 3. The van der Waals surface area contributed by atoms with Crippen molar-refractivity contribution in [2.45, 2.75) is 32.4 Å². The summed E-state index contributed by atoms with van der Waals surface area (Å²) in [4.78, 5) is 38.5. The van der Waals surface area contributed by atoms with Gasteiger partial charge in [0.05, 0.1) is 0 Å². The number of benzene rings is 1. The Hall–Kier alpha value is -2.28. The van der Waals surface area contributed by atoms with Crippen LogP contribution >= 0.6 is 11.6 Å². The molecule has 7 nitrogen and oxygen atoms in total. The number of nitrogens with one attached hydrogen (secondary N) is 1. The monoisotopic (exact) mass is 367 g/mol. The molecule has 1 fully saturated rings. The van der Waals surface area contributed by atoms with Crippen LogP contribution in [0.25, 0.3) is 0 Å². The van der Waals surface area contributed by atoms with Crippen molar-refractivity contribution in [2.24, 2.45) is 0 Å². The van der Waals surface area contributed by atoms with Crippen LogP contribution in [0.1, 0.15) is 19.4 Å². The van der Waals surface area contributed by atoms with Crippen molar-refractivity contribution >= 4 is 29.5 Å². The third-order valence-corrected chi connectivity index (χ3v) is 4.61. The molecular weight excluding hydrogens is 346 g/mol. The van der Waals surface area contributed by atoms with E-state index < -0.39 is 12.1 Å². The minimum absolute atomic E-state index is 0.230. The Balaban J connectivity index is 2.12. The predicted molar refractivity (Wildman–Crippen MR) is 93.5 cm³/mol. The topological polar surface area (TPSA) is 90.0 Å². The number of halogens is 1. The molecule has 0 spiro atoms. The van der Waals surface area contributed by atoms with E-state index in [-0.39, 0.29) is 30.8 Å². The second kappa shape index (κ2) is 8.20. The highest BCUT2D eigenvalue weighted by Gasteiger charge is 2.33. The summed E-state index contributed by atoms with van der Waals surface area (Å²) in [7, 11) is 0. The van der Waals surface area contributed by atoms with Crippen LogP contribution in [0.2, 0.25) is 5.02 Å². The zero-order valence-electron chi connectivity index (χ0n) is 14.2. The molecule has 2 atom stereocenters. The zero-order valence-corrected chi connectivity index (χ0v) is 15.0. The average Bonchev–Trinajstić information content (AvgIpc) is 2.54. The van der Waals surface area contributed by atoms with Gasteiger partial charge in [-0.3, -0.25) is 9.59 Å². The normalized spacial score (nSPS) is 18.6. The van der Waals surface area contributed by atoms with Gasteiger partial charge in [-0.05, 0) is 18.6 Å². The Bertz CT molecular complexity index is 667. The number of piperazine rings is 1. The van der Waals surface area contributed by atoms with Crippen LogP contribution in [0.4, 0.5) is 4.79 Å². The van der Waals surface area contributed by atoms with Crippen LogP contribution in [0.15, 0.2) is 24.3 Å². The lowest BCUT2D eigenvalue weighted by Gasteiger charge is -2.39. The summed E-state index contributed by atoms with van der Waals surface area (Å²) < 4.78 is 0. The van der Waals surface area contributed by atoms with Gasteiger partial charge < -0.3 is 20.2 Å². The van der Waals surface area contributed by atoms with Crippen molar-refractivity contribution < 1.29 is 19.5 Å². The molecule has 0 aromatic heterocycles. The molecule has 1 aromatic carbocycles. The van der Waals surface area contributed by atoms with E-state index in [1.807, 2.05) is 12.1 Å². The number of carbonyl (C=O) groups is 3. The lowest BCUT2D eigenvalue weighted by Crippen LogP contribution is -2.59. The maximum Gasteiger partial charge on any atom is 0.407 e. The van der Waals surface area contributed by atoms with Crippen molar-refractivity contribution in [2.75, 3.05) is 19.6 Å². The molecule has 0 saturated carbocycles. The molecule has 1 heterocycles. The van der Waals surface area contributed by atoms with Gasteiger partial charge in [-0.1, -0.05) is 29.8 Å². The minimum Gasteiger partial charge on any atom is -0.465 e. The van der Waals surface area contributed by atoms with E-state index in [9.17, 15) is 14.4 Å². The van der Waals surface area contributed by atoms with Gasteiger partial charge in [-0.15, -0.1) is 0 Å². The molecule has 1 saturated heterocycles. The second-order valence-corrected chi connectivity index (χ2v) is 6.57. The quantitative estimate of drug-likeness (QED) is 0.845. The van der Waals surface area contributed by atoms with Gasteiger partial charge >= 0.3 is 6.09 Å². The van der Waals surface area contributed by atoms with E-state index >= 15 is 0 Å². The van der Waals surface area contributed by atoms with E-state index in [0.29, 0.717) is 18.1 Å². The summed E-state index contributed by atoms with van der Waals surface area (Å²) in [5.41, 5.74) is 0.772. The third kappa shape index (κ3) is 4.85. The highest BCUT2D eigenvalue weighted by atomic mass is 35.5. The predicted octanol–water partition coefficient (Wildman–Crippen LogP) is 1.60. The van der Waals surface area contributed by atoms with E-state index in [2.05, 4.69) is 5.32 Å². The molecule has 0 aliphatic carbocycles. The Morgan fingerprint density at radius 3 is 2.56 bits per heavy atom. The number of hydrogen-bond acceptors (Lipinski definition) is 3. The van der Waals surface area contributed by atoms with Crippen LogP contribution < -0.4 is 5.32 Å². The summed E-state index contributed by atoms with van der Waals surface area (Å²) in [6, 6.07) is 6.14. The summed E-state index contributed by atoms with van der Waals surface area (Å²) in [5, 5.41) is 12.4. The van der Waals surface area contributed by atoms with Gasteiger partial charge in [-0.2, -0.15) is 0 Å². The average molecular weight is 368 g/mol. The van der Waals surface area contributed by atoms with Crippen LogP contribution in [0.5, 0.6) is 0 Å². The summed E-state index contributed by atoms with van der Waals surface area (Å²) >= 11 is 6.16. The number of carbonyl (C=O) groups excluding carboxylic acids is 2. The molecule has 0 radical (unpaired) electrons. The van der Waals surface area contributed by atoms with Crippen molar-refractivity contribution in [1.82, 2.24) is 15.1 Å². The van der Waals surface area contributed by atoms with Gasteiger partial charge in [-0.25, -0.2) is 4.79 Å². The molecule has 136 valence electrons. The first-order valence-electron chi connectivity index (χ1n) is 8.08. The lowest BCUT2D eigenvalue weighted by molar-refractivity contribution is -0.138. The van der Waals surface area contributed by atoms with Crippen LogP contribution in [-0.4, -0.2) is 64.5 Å². The standard InChI is InChI=1S/C17H22ClN3O4/c1-11-10-20(7-8-21(11)17(24)25)16(23)15(19-12(2)22)9-13-5-3-4-6-14(13)18/h3-6,11,15H,7-10H2,1-2H3,(H,19,22)(H,24,25)/t11-,15?/m0/s1. The number of carboxylic acid groups (broad SMARTS) is 1. The molecule has 2 N–H and O–H groups in total. The molecule has 1 aliphatic heterocycles. The Kier molecular flexibility index (Phi) is 6.25. The molecule has 25 heavy (non-hydrogen) atoms. The molecule has 1 unspecified atom stereocenters. The van der Waals surface area contributed by atoms with Gasteiger partial charge in [0.2, 0.25) is 11.8 Å². The molecule has 8 heteroatoms. The highest BCUT2D eigenvalue weighted by molar-refractivity contribution is 6.31. The van der Waals surface area contributed by atoms with Gasteiger partial charge in [0.15, 0.2) is 0 Å². The molecule has 0 bridgehead atoms. The zero-order chi connectivity index (χ0) is 18.6. The van der Waals surface area contributed by atoms with Crippen molar-refractivity contribution in [3.63, 3.8) is 0 Å². The second-order valence-electron chi connectivity index (χ2n) is 6.16. The first kappa shape index (κ1) is 19.1. The van der Waals surface area contributed by atoms with E-state index in [1.54, 1.807) is 24.0 Å². The first-order chi connectivity index (χ1) is 11.8. The van der Waals surface area contributed by atoms with Crippen LogP contribution in [0.3, 0.4) is 0 Å². The van der Waals surface area contributed by atoms with Crippen molar-refractivity contribution in [1.29, 1.82) is 0 Å². The molecule has 3 amide bonds. The fourth-order valence-electron chi connectivity index (χ4n) is 2.99. The highest BCUT2D eigenvalue weighted by Crippen LogP contribution is 2.18. The Labute approximate surface area is 151 Å². The number of hydrogen-bond donors (Lipinski definition) is 2. The van der Waals surface area contributed by atoms with E-state index in [4.69, 9.17) is 16.7 Å². The molecule has 2 rings (SSSR count). The number of rotatable bonds is 4. The maximum atomic E-state index is 12.9. The summed E-state index contributed by atoms with van der Waals surface area (Å²) in [6.45, 7) is 3.96. The Morgan fingerprint density at radius 2 is 2.00 bits per heavy atom. The SMILES string of the molecule is CC(=O)NC(Cc1ccccc1Cl)C(=O)N1CCN(C(=O)O)[C@@H](C)C1. The largest absolute Gasteiger partial charge is 0.465 e. The number of nitrogens with zero attached hydrogens (tertiary/aromatic N) is 2. The van der Waals surface area contributed by atoms with Gasteiger partial charge in [0.1, 0.15) is 6.04 Å². The van der Waals surface area contributed by atoms with Crippen LogP contribution in [-0.2, 0) is 16.0 Å². The summed E-state index contributed by atoms with van der Waals surface area (Å²) in [5.74, 6) is -0.533. The Morgan fingerprint density at radius 1 is 1.32 bits per heavy atom. The fraction of sp³-hybridized carbons (Fsp3) is 0.471. The first-order valence-corrected chi connectivity index (χ1v) is 8.46. The smallest absolute Gasteiger partial charge is 0.407 e. The van der Waals surface area contributed by atoms with Gasteiger partial charge in [0, 0.05) is 44.0 Å². The summed E-state index contributed by atoms with van der Waals surface area (Å²) in [6.07, 6.45) is -0.708. The molecular formula is C17H22ClN3O4. The van der Waals surface area contributed by atoms with Crippen molar-refractivity contribution in [3.05, 3.63) is 34.9 Å². The van der Waals surface area contributed by atoms with E-state index in [1.165, 1.54) is 11.8 Å². The maximum absolute atomic E-state index is 12.9. The molecule has 1 aliphatic rings. The third-order valence-electron chi connectivity index (χ3n) is 4.24. The van der Waals surface area contributed by atoms with E-state index in [0.717, 1.165) is 5.56 Å². The molecule has 1 aromatic rings. The fourth-order valence-corrected chi connectivity index (χ4v) is 3.20. The van der Waals surface area contributed by atoms with Crippen LogP contribution in [0, 0.1) is 0 Å². The van der Waals surface area contributed by atoms with Gasteiger partial charge in [0.25, 0.3) is 0 Å². The minimum atomic E-state index is -0.992. The van der Waals surface area contributed by atoms with Crippen molar-refractivity contribution in [3.8, 4) is 0 Å². The lowest BCUT2D eigenvalue weighted by atomic mass is 10.0.